The third kappa shape index (κ3) is 3.05. The maximum absolute atomic E-state index is 12.4. The van der Waals surface area contributed by atoms with Gasteiger partial charge in [0.1, 0.15) is 5.84 Å². The van der Waals surface area contributed by atoms with Crippen LogP contribution in [0.3, 0.4) is 0 Å². The summed E-state index contributed by atoms with van der Waals surface area (Å²) in [6.45, 7) is 3.59. The molecule has 0 saturated carbocycles. The van der Waals surface area contributed by atoms with Crippen molar-refractivity contribution in [2.75, 3.05) is 18.4 Å². The molecule has 1 rings (SSSR count). The lowest BCUT2D eigenvalue weighted by Crippen LogP contribution is -2.43. The molecule has 19 heavy (non-hydrogen) atoms. The molecule has 0 radical (unpaired) electrons. The number of anilines is 1. The third-order valence-corrected chi connectivity index (χ3v) is 5.01. The second-order valence-corrected chi connectivity index (χ2v) is 6.54. The van der Waals surface area contributed by atoms with Crippen molar-refractivity contribution in [2.24, 2.45) is 5.73 Å². The fraction of sp³-hybridized carbons (Fsp3) is 0.417. The van der Waals surface area contributed by atoms with E-state index in [1.165, 1.54) is 18.4 Å². The standard InChI is InChI=1S/C12H20N4O2S/c1-9(2)15(3)19(17,18)16(4)11-8-6-5-7-10(11)12(13)14/h5-9H,1-4H3,(H3,13,14). The van der Waals surface area contributed by atoms with Gasteiger partial charge in [-0.1, -0.05) is 12.1 Å². The Kier molecular flexibility index (Phi) is 4.54. The summed E-state index contributed by atoms with van der Waals surface area (Å²) < 4.78 is 27.2. The summed E-state index contributed by atoms with van der Waals surface area (Å²) >= 11 is 0. The van der Waals surface area contributed by atoms with Gasteiger partial charge in [0.15, 0.2) is 0 Å². The molecule has 0 fully saturated rings. The Morgan fingerprint density at radius 2 is 1.79 bits per heavy atom. The van der Waals surface area contributed by atoms with Crippen molar-refractivity contribution < 1.29 is 8.42 Å². The van der Waals surface area contributed by atoms with Crippen molar-refractivity contribution in [3.05, 3.63) is 29.8 Å². The molecule has 106 valence electrons. The van der Waals surface area contributed by atoms with E-state index in [9.17, 15) is 8.42 Å². The van der Waals surface area contributed by atoms with Crippen molar-refractivity contribution in [1.29, 1.82) is 5.41 Å². The molecule has 0 unspecified atom stereocenters. The van der Waals surface area contributed by atoms with E-state index in [0.29, 0.717) is 11.3 Å². The van der Waals surface area contributed by atoms with E-state index < -0.39 is 10.2 Å². The number of hydrogen-bond donors (Lipinski definition) is 2. The van der Waals surface area contributed by atoms with Gasteiger partial charge in [0.2, 0.25) is 0 Å². The highest BCUT2D eigenvalue weighted by molar-refractivity contribution is 7.90. The van der Waals surface area contributed by atoms with E-state index in [1.807, 2.05) is 0 Å². The van der Waals surface area contributed by atoms with Crippen LogP contribution in [0.25, 0.3) is 0 Å². The first kappa shape index (κ1) is 15.5. The van der Waals surface area contributed by atoms with E-state index in [2.05, 4.69) is 0 Å². The van der Waals surface area contributed by atoms with Crippen LogP contribution in [0.4, 0.5) is 5.69 Å². The van der Waals surface area contributed by atoms with Gasteiger partial charge in [0, 0.05) is 25.7 Å². The van der Waals surface area contributed by atoms with E-state index >= 15 is 0 Å². The molecule has 0 aromatic heterocycles. The Bertz CT molecular complexity index is 569. The summed E-state index contributed by atoms with van der Waals surface area (Å²) in [7, 11) is -0.658. The van der Waals surface area contributed by atoms with Gasteiger partial charge in [-0.25, -0.2) is 0 Å². The molecule has 0 heterocycles. The number of hydrogen-bond acceptors (Lipinski definition) is 3. The van der Waals surface area contributed by atoms with Crippen molar-refractivity contribution >= 4 is 21.7 Å². The summed E-state index contributed by atoms with van der Waals surface area (Å²) in [6, 6.07) is 6.52. The van der Waals surface area contributed by atoms with Crippen LogP contribution in [-0.4, -0.2) is 38.7 Å². The fourth-order valence-corrected chi connectivity index (χ4v) is 2.89. The summed E-state index contributed by atoms with van der Waals surface area (Å²) in [5.74, 6) is -0.162. The quantitative estimate of drug-likeness (QED) is 0.624. The maximum Gasteiger partial charge on any atom is 0.303 e. The minimum atomic E-state index is -3.63. The maximum atomic E-state index is 12.4. The molecule has 1 aromatic carbocycles. The zero-order valence-corrected chi connectivity index (χ0v) is 12.4. The van der Waals surface area contributed by atoms with E-state index in [-0.39, 0.29) is 11.9 Å². The zero-order chi connectivity index (χ0) is 14.8. The topological polar surface area (TPSA) is 90.5 Å². The van der Waals surface area contributed by atoms with Crippen LogP contribution in [0, 0.1) is 5.41 Å². The monoisotopic (exact) mass is 284 g/mol. The fourth-order valence-electron chi connectivity index (χ4n) is 1.56. The Balaban J connectivity index is 3.28. The molecule has 6 nitrogen and oxygen atoms in total. The van der Waals surface area contributed by atoms with Crippen LogP contribution in [0.15, 0.2) is 24.3 Å². The van der Waals surface area contributed by atoms with Crippen molar-refractivity contribution in [1.82, 2.24) is 4.31 Å². The molecule has 0 bridgehead atoms. The lowest BCUT2D eigenvalue weighted by Gasteiger charge is -2.29. The second kappa shape index (κ2) is 5.58. The number of nitrogens with zero attached hydrogens (tertiary/aromatic N) is 2. The average molecular weight is 284 g/mol. The van der Waals surface area contributed by atoms with Gasteiger partial charge in [-0.15, -0.1) is 0 Å². The molecule has 0 atom stereocenters. The van der Waals surface area contributed by atoms with Gasteiger partial charge >= 0.3 is 10.2 Å². The Morgan fingerprint density at radius 3 is 2.26 bits per heavy atom. The van der Waals surface area contributed by atoms with Crippen LogP contribution >= 0.6 is 0 Å². The number of para-hydroxylation sites is 1. The summed E-state index contributed by atoms with van der Waals surface area (Å²) in [5.41, 5.74) is 6.27. The van der Waals surface area contributed by atoms with Gasteiger partial charge in [0.25, 0.3) is 0 Å². The molecule has 1 aromatic rings. The van der Waals surface area contributed by atoms with Gasteiger partial charge in [-0.3, -0.25) is 9.71 Å². The van der Waals surface area contributed by atoms with E-state index in [1.54, 1.807) is 38.1 Å². The van der Waals surface area contributed by atoms with E-state index in [0.717, 1.165) is 4.31 Å². The van der Waals surface area contributed by atoms with Gasteiger partial charge in [-0.2, -0.15) is 12.7 Å². The predicted molar refractivity (Wildman–Crippen MR) is 77.7 cm³/mol. The normalized spacial score (nSPS) is 11.9. The minimum Gasteiger partial charge on any atom is -0.384 e. The van der Waals surface area contributed by atoms with Crippen LogP contribution < -0.4 is 10.0 Å². The van der Waals surface area contributed by atoms with Crippen LogP contribution in [-0.2, 0) is 10.2 Å². The molecule has 0 aliphatic rings. The summed E-state index contributed by atoms with van der Waals surface area (Å²) in [6.07, 6.45) is 0. The molecule has 0 aliphatic carbocycles. The van der Waals surface area contributed by atoms with Crippen LogP contribution in [0.1, 0.15) is 19.4 Å². The zero-order valence-electron chi connectivity index (χ0n) is 11.6. The number of nitrogens with two attached hydrogens (primary N) is 1. The Morgan fingerprint density at radius 1 is 1.26 bits per heavy atom. The predicted octanol–water partition coefficient (Wildman–Crippen LogP) is 0.992. The Labute approximate surface area is 114 Å². The number of benzene rings is 1. The minimum absolute atomic E-state index is 0.156. The molecule has 3 N–H and O–H groups in total. The van der Waals surface area contributed by atoms with Crippen molar-refractivity contribution in [3.63, 3.8) is 0 Å². The molecular weight excluding hydrogens is 264 g/mol. The molecule has 0 aliphatic heterocycles. The lowest BCUT2D eigenvalue weighted by molar-refractivity contribution is 0.409. The number of nitrogens with one attached hydrogen (secondary N) is 1. The van der Waals surface area contributed by atoms with Gasteiger partial charge in [-0.05, 0) is 26.0 Å². The highest BCUT2D eigenvalue weighted by Gasteiger charge is 2.27. The lowest BCUT2D eigenvalue weighted by atomic mass is 10.1. The smallest absolute Gasteiger partial charge is 0.303 e. The first-order chi connectivity index (χ1) is 8.69. The van der Waals surface area contributed by atoms with Crippen molar-refractivity contribution in [2.45, 2.75) is 19.9 Å². The number of amidine groups is 1. The number of rotatable bonds is 5. The number of nitrogen functional groups attached to an aromatic ring is 1. The molecule has 0 spiro atoms. The average Bonchev–Trinajstić information content (AvgIpc) is 2.36. The second-order valence-electron chi connectivity index (χ2n) is 4.52. The summed E-state index contributed by atoms with van der Waals surface area (Å²) in [5, 5.41) is 7.51. The van der Waals surface area contributed by atoms with Crippen LogP contribution in [0.5, 0.6) is 0 Å². The molecule has 0 saturated heterocycles. The molecule has 0 amide bonds. The van der Waals surface area contributed by atoms with Gasteiger partial charge in [0.05, 0.1) is 5.69 Å². The summed E-state index contributed by atoms with van der Waals surface area (Å²) in [4.78, 5) is 0. The SMILES string of the molecule is CC(C)N(C)S(=O)(=O)N(C)c1ccccc1C(=N)N. The molecular formula is C12H20N4O2S. The first-order valence-electron chi connectivity index (χ1n) is 5.85. The first-order valence-corrected chi connectivity index (χ1v) is 7.24. The third-order valence-electron chi connectivity index (χ3n) is 2.97. The Hall–Kier alpha value is -1.60. The molecule has 7 heteroatoms. The largest absolute Gasteiger partial charge is 0.384 e. The van der Waals surface area contributed by atoms with E-state index in [4.69, 9.17) is 11.1 Å². The van der Waals surface area contributed by atoms with Gasteiger partial charge < -0.3 is 5.73 Å². The van der Waals surface area contributed by atoms with Crippen molar-refractivity contribution in [3.8, 4) is 0 Å². The highest BCUT2D eigenvalue weighted by atomic mass is 32.2. The highest BCUT2D eigenvalue weighted by Crippen LogP contribution is 2.23. The van der Waals surface area contributed by atoms with Crippen LogP contribution in [0.2, 0.25) is 0 Å².